The molecule has 0 saturated carbocycles. The lowest BCUT2D eigenvalue weighted by atomic mass is 10.1. The van der Waals surface area contributed by atoms with Crippen molar-refractivity contribution in [3.8, 4) is 11.8 Å². The standard InChI is InChI=1S/C26H31N3O6S2/c1-34-22-12-11-18(37(32,33)29-13-7-2-3-8-14-29)15-20(22)26(31)35-17-24(30)28-25-21(16-27)19-9-5-4-6-10-23(19)36-25/h11-12,15H,2-10,13-14,17H2,1H3,(H,28,30). The Kier molecular flexibility index (Phi) is 8.84. The number of esters is 1. The molecule has 1 N–H and O–H groups in total. The average molecular weight is 546 g/mol. The first kappa shape index (κ1) is 27.1. The number of thiophene rings is 1. The van der Waals surface area contributed by atoms with Crippen molar-refractivity contribution in [2.75, 3.05) is 32.1 Å². The summed E-state index contributed by atoms with van der Waals surface area (Å²) < 4.78 is 38.3. The zero-order chi connectivity index (χ0) is 26.4. The van der Waals surface area contributed by atoms with E-state index in [2.05, 4.69) is 11.4 Å². The number of carbonyl (C=O) groups is 2. The maximum absolute atomic E-state index is 13.2. The highest BCUT2D eigenvalue weighted by atomic mass is 32.2. The number of methoxy groups -OCH3 is 1. The van der Waals surface area contributed by atoms with Crippen LogP contribution in [0.5, 0.6) is 5.75 Å². The van der Waals surface area contributed by atoms with Crippen LogP contribution in [-0.4, -0.2) is 51.4 Å². The number of nitrogens with zero attached hydrogens (tertiary/aromatic N) is 2. The Labute approximate surface area is 221 Å². The van der Waals surface area contributed by atoms with Crippen LogP contribution in [0.2, 0.25) is 0 Å². The van der Waals surface area contributed by atoms with E-state index in [1.54, 1.807) is 0 Å². The molecule has 9 nitrogen and oxygen atoms in total. The minimum absolute atomic E-state index is 0.0228. The molecule has 1 aliphatic carbocycles. The monoisotopic (exact) mass is 545 g/mol. The van der Waals surface area contributed by atoms with Gasteiger partial charge in [0.05, 0.1) is 17.6 Å². The number of anilines is 1. The highest BCUT2D eigenvalue weighted by Gasteiger charge is 2.28. The molecular weight excluding hydrogens is 514 g/mol. The summed E-state index contributed by atoms with van der Waals surface area (Å²) in [6.45, 7) is 0.287. The molecular formula is C26H31N3O6S2. The summed E-state index contributed by atoms with van der Waals surface area (Å²) in [6, 6.07) is 6.27. The summed E-state index contributed by atoms with van der Waals surface area (Å²) in [4.78, 5) is 26.6. The van der Waals surface area contributed by atoms with Crippen molar-refractivity contribution in [1.82, 2.24) is 4.31 Å². The molecule has 1 fully saturated rings. The van der Waals surface area contributed by atoms with E-state index in [9.17, 15) is 23.3 Å². The van der Waals surface area contributed by atoms with Crippen molar-refractivity contribution < 1.29 is 27.5 Å². The first-order valence-corrected chi connectivity index (χ1v) is 14.8. The normalized spacial score (nSPS) is 16.5. The van der Waals surface area contributed by atoms with Gasteiger partial charge in [-0.05, 0) is 62.3 Å². The Bertz CT molecular complexity index is 1300. The summed E-state index contributed by atoms with van der Waals surface area (Å²) in [5.41, 5.74) is 1.41. The largest absolute Gasteiger partial charge is 0.496 e. The van der Waals surface area contributed by atoms with Crippen LogP contribution in [-0.2, 0) is 32.4 Å². The van der Waals surface area contributed by atoms with Crippen molar-refractivity contribution in [3.05, 3.63) is 39.8 Å². The zero-order valence-electron chi connectivity index (χ0n) is 20.9. The molecule has 1 saturated heterocycles. The number of sulfonamides is 1. The molecule has 1 aromatic carbocycles. The van der Waals surface area contributed by atoms with Gasteiger partial charge in [-0.15, -0.1) is 11.3 Å². The fourth-order valence-electron chi connectivity index (χ4n) is 4.76. The second kappa shape index (κ2) is 12.1. The fourth-order valence-corrected chi connectivity index (χ4v) is 7.56. The number of rotatable bonds is 7. The highest BCUT2D eigenvalue weighted by molar-refractivity contribution is 7.89. The van der Waals surface area contributed by atoms with Crippen LogP contribution in [0.1, 0.15) is 71.3 Å². The average Bonchev–Trinajstić information content (AvgIpc) is 3.12. The van der Waals surface area contributed by atoms with Gasteiger partial charge in [-0.2, -0.15) is 9.57 Å². The van der Waals surface area contributed by atoms with Crippen LogP contribution in [0.4, 0.5) is 5.00 Å². The van der Waals surface area contributed by atoms with Crippen LogP contribution in [0.25, 0.3) is 0 Å². The smallest absolute Gasteiger partial charge is 0.342 e. The Balaban J connectivity index is 1.46. The number of hydrogen-bond acceptors (Lipinski definition) is 8. The van der Waals surface area contributed by atoms with Gasteiger partial charge < -0.3 is 14.8 Å². The number of hydrogen-bond donors (Lipinski definition) is 1. The second-order valence-electron chi connectivity index (χ2n) is 9.19. The molecule has 0 spiro atoms. The molecule has 0 bridgehead atoms. The van der Waals surface area contributed by atoms with E-state index in [1.165, 1.54) is 41.0 Å². The van der Waals surface area contributed by atoms with Gasteiger partial charge in [0.1, 0.15) is 22.4 Å². The summed E-state index contributed by atoms with van der Waals surface area (Å²) in [5.74, 6) is -1.30. The Morgan fingerprint density at radius 2 is 1.78 bits per heavy atom. The van der Waals surface area contributed by atoms with Gasteiger partial charge in [-0.25, -0.2) is 13.2 Å². The molecule has 2 aromatic rings. The van der Waals surface area contributed by atoms with Crippen molar-refractivity contribution in [2.24, 2.45) is 0 Å². The van der Waals surface area contributed by atoms with Crippen LogP contribution < -0.4 is 10.1 Å². The number of carbonyl (C=O) groups excluding carboxylic acids is 2. The summed E-state index contributed by atoms with van der Waals surface area (Å²) >= 11 is 1.40. The lowest BCUT2D eigenvalue weighted by Crippen LogP contribution is -2.32. The van der Waals surface area contributed by atoms with Gasteiger partial charge in [-0.1, -0.05) is 19.3 Å². The van der Waals surface area contributed by atoms with E-state index in [4.69, 9.17) is 9.47 Å². The lowest BCUT2D eigenvalue weighted by Gasteiger charge is -2.20. The quantitative estimate of drug-likeness (QED) is 0.407. The van der Waals surface area contributed by atoms with Gasteiger partial charge in [-0.3, -0.25) is 4.79 Å². The summed E-state index contributed by atoms with van der Waals surface area (Å²) in [5, 5.41) is 12.8. The van der Waals surface area contributed by atoms with E-state index in [-0.39, 0.29) is 16.2 Å². The first-order valence-electron chi connectivity index (χ1n) is 12.5. The SMILES string of the molecule is COc1ccc(S(=O)(=O)N2CCCCCC2)cc1C(=O)OCC(=O)Nc1sc2c(c1C#N)CCCCC2. The number of fused-ring (bicyclic) bond motifs is 1. The van der Waals surface area contributed by atoms with Crippen LogP contribution in [0.15, 0.2) is 23.1 Å². The van der Waals surface area contributed by atoms with Gasteiger partial charge in [0, 0.05) is 18.0 Å². The number of nitrogens with one attached hydrogen (secondary N) is 1. The fraction of sp³-hybridized carbons (Fsp3) is 0.500. The Morgan fingerprint density at radius 3 is 2.49 bits per heavy atom. The van der Waals surface area contributed by atoms with Gasteiger partial charge in [0.25, 0.3) is 5.91 Å². The molecule has 2 heterocycles. The zero-order valence-corrected chi connectivity index (χ0v) is 22.5. The van der Waals surface area contributed by atoms with Gasteiger partial charge >= 0.3 is 5.97 Å². The molecule has 11 heteroatoms. The van der Waals surface area contributed by atoms with Crippen molar-refractivity contribution >= 4 is 38.2 Å². The third-order valence-electron chi connectivity index (χ3n) is 6.71. The molecule has 0 atom stereocenters. The predicted molar refractivity (Wildman–Crippen MR) is 139 cm³/mol. The first-order chi connectivity index (χ1) is 17.8. The topological polar surface area (TPSA) is 126 Å². The van der Waals surface area contributed by atoms with Crippen molar-refractivity contribution in [1.29, 1.82) is 5.26 Å². The van der Waals surface area contributed by atoms with E-state index >= 15 is 0 Å². The number of ether oxygens (including phenoxy) is 2. The minimum atomic E-state index is -3.79. The van der Waals surface area contributed by atoms with E-state index in [0.717, 1.165) is 68.2 Å². The van der Waals surface area contributed by atoms with E-state index in [1.807, 2.05) is 0 Å². The molecule has 2 aliphatic rings. The third-order valence-corrected chi connectivity index (χ3v) is 9.82. The number of nitriles is 1. The molecule has 198 valence electrons. The van der Waals surface area contributed by atoms with Gasteiger partial charge in [0.15, 0.2) is 6.61 Å². The molecule has 1 amide bonds. The highest BCUT2D eigenvalue weighted by Crippen LogP contribution is 2.37. The Morgan fingerprint density at radius 1 is 1.08 bits per heavy atom. The van der Waals surface area contributed by atoms with Crippen LogP contribution >= 0.6 is 11.3 Å². The predicted octanol–water partition coefficient (Wildman–Crippen LogP) is 4.26. The van der Waals surface area contributed by atoms with Crippen molar-refractivity contribution in [2.45, 2.75) is 62.7 Å². The molecule has 0 unspecified atom stereocenters. The maximum Gasteiger partial charge on any atom is 0.342 e. The minimum Gasteiger partial charge on any atom is -0.496 e. The lowest BCUT2D eigenvalue weighted by molar-refractivity contribution is -0.119. The number of amides is 1. The summed E-state index contributed by atoms with van der Waals surface area (Å²) in [6.07, 6.45) is 8.44. The molecule has 0 radical (unpaired) electrons. The molecule has 1 aromatic heterocycles. The van der Waals surface area contributed by atoms with Crippen LogP contribution in [0, 0.1) is 11.3 Å². The molecule has 1 aliphatic heterocycles. The Hall–Kier alpha value is -2.94. The third kappa shape index (κ3) is 6.14. The van der Waals surface area contributed by atoms with E-state index < -0.39 is 28.5 Å². The summed E-state index contributed by atoms with van der Waals surface area (Å²) in [7, 11) is -2.42. The van der Waals surface area contributed by atoms with Gasteiger partial charge in [0.2, 0.25) is 10.0 Å². The molecule has 37 heavy (non-hydrogen) atoms. The van der Waals surface area contributed by atoms with E-state index in [0.29, 0.717) is 23.7 Å². The second-order valence-corrected chi connectivity index (χ2v) is 12.2. The molecule has 4 rings (SSSR count). The van der Waals surface area contributed by atoms with Crippen molar-refractivity contribution in [3.63, 3.8) is 0 Å². The van der Waals surface area contributed by atoms with Crippen LogP contribution in [0.3, 0.4) is 0 Å². The maximum atomic E-state index is 13.2. The number of benzene rings is 1. The number of aryl methyl sites for hydroxylation is 1.